The van der Waals surface area contributed by atoms with Crippen LogP contribution in [0.25, 0.3) is 4.91 Å². The highest BCUT2D eigenvalue weighted by atomic mass is 35.5. The quantitative estimate of drug-likeness (QED) is 0.419. The second-order valence-electron chi connectivity index (χ2n) is 7.46. The van der Waals surface area contributed by atoms with Crippen LogP contribution in [0, 0.1) is 11.6 Å². The van der Waals surface area contributed by atoms with Crippen molar-refractivity contribution in [1.82, 2.24) is 4.90 Å². The maximum Gasteiger partial charge on any atom is 0.126 e. The summed E-state index contributed by atoms with van der Waals surface area (Å²) >= 11 is 12.1. The van der Waals surface area contributed by atoms with Crippen molar-refractivity contribution in [2.45, 2.75) is 6.04 Å². The maximum absolute atomic E-state index is 13.8. The van der Waals surface area contributed by atoms with Crippen LogP contribution >= 0.6 is 23.2 Å². The molecule has 0 spiro atoms. The van der Waals surface area contributed by atoms with Gasteiger partial charge in [0.2, 0.25) is 0 Å². The summed E-state index contributed by atoms with van der Waals surface area (Å²) in [5.41, 5.74) is 3.34. The minimum absolute atomic E-state index is 0.0610. The molecule has 2 nitrogen and oxygen atoms in total. The lowest BCUT2D eigenvalue weighted by molar-refractivity contribution is 0.203. The molecule has 0 aromatic heterocycles. The lowest BCUT2D eigenvalue weighted by Gasteiger charge is -2.42. The van der Waals surface area contributed by atoms with E-state index in [2.05, 4.69) is 4.90 Å². The van der Waals surface area contributed by atoms with E-state index in [0.717, 1.165) is 22.8 Å². The fourth-order valence-corrected chi connectivity index (χ4v) is 5.17. The Morgan fingerprint density at radius 1 is 0.871 bits per heavy atom. The van der Waals surface area contributed by atoms with E-state index in [1.54, 1.807) is 0 Å². The topological polar surface area (TPSA) is 20.3 Å². The van der Waals surface area contributed by atoms with Crippen molar-refractivity contribution in [3.05, 3.63) is 111 Å². The van der Waals surface area contributed by atoms with Gasteiger partial charge in [-0.1, -0.05) is 47.5 Å². The van der Waals surface area contributed by atoms with Crippen LogP contribution in [0.3, 0.4) is 0 Å². The van der Waals surface area contributed by atoms with Crippen LogP contribution in [0.2, 0.25) is 10.0 Å². The number of likely N-dealkylation sites (tertiary alicyclic amines) is 1. The van der Waals surface area contributed by atoms with Crippen LogP contribution in [-0.4, -0.2) is 28.5 Å². The summed E-state index contributed by atoms with van der Waals surface area (Å²) in [5, 5.41) is 1.30. The van der Waals surface area contributed by atoms with Crippen LogP contribution < -0.4 is 0 Å². The molecule has 3 aromatic carbocycles. The highest BCUT2D eigenvalue weighted by Gasteiger charge is 2.33. The Labute approximate surface area is 192 Å². The van der Waals surface area contributed by atoms with Gasteiger partial charge in [0.05, 0.1) is 16.8 Å². The van der Waals surface area contributed by atoms with Gasteiger partial charge in [-0.05, 0) is 58.7 Å². The van der Waals surface area contributed by atoms with Crippen molar-refractivity contribution < 1.29 is 13.0 Å². The van der Waals surface area contributed by atoms with Crippen molar-refractivity contribution in [3.63, 3.8) is 0 Å². The van der Waals surface area contributed by atoms with Gasteiger partial charge in [0.25, 0.3) is 0 Å². The molecule has 1 fully saturated rings. The molecule has 4 rings (SSSR count). The molecule has 1 aliphatic rings. The van der Waals surface area contributed by atoms with Crippen LogP contribution in [0.1, 0.15) is 22.7 Å². The third-order valence-electron chi connectivity index (χ3n) is 5.26. The van der Waals surface area contributed by atoms with Gasteiger partial charge in [-0.2, -0.15) is 0 Å². The standard InChI is InChI=1S/C24H19Cl2F2NOS/c1-31(30)24(17-10-21(27)12-22(28)11-17)18-13-29(14-18)23(15-2-6-19(25)7-3-15)16-4-8-20(26)9-5-16/h2-12,23H,13-14H2,1H3. The smallest absolute Gasteiger partial charge is 0.126 e. The molecule has 0 saturated carbocycles. The summed E-state index contributed by atoms with van der Waals surface area (Å²) in [6.45, 7) is 1.06. The third kappa shape index (κ3) is 4.90. The summed E-state index contributed by atoms with van der Waals surface area (Å²) < 4.78 is 40.0. The molecule has 1 saturated heterocycles. The van der Waals surface area contributed by atoms with E-state index in [9.17, 15) is 13.0 Å². The van der Waals surface area contributed by atoms with Gasteiger partial charge in [-0.15, -0.1) is 0 Å². The average molecular weight is 478 g/mol. The second-order valence-corrected chi connectivity index (χ2v) is 9.64. The Bertz CT molecular complexity index is 1090. The van der Waals surface area contributed by atoms with Crippen LogP contribution in [0.5, 0.6) is 0 Å². The van der Waals surface area contributed by atoms with E-state index >= 15 is 0 Å². The Kier molecular flexibility index (Phi) is 6.58. The van der Waals surface area contributed by atoms with Gasteiger partial charge in [-0.25, -0.2) is 8.78 Å². The zero-order valence-electron chi connectivity index (χ0n) is 16.6. The number of hydrogen-bond donors (Lipinski definition) is 0. The van der Waals surface area contributed by atoms with Crippen LogP contribution in [-0.2, 0) is 10.8 Å². The molecule has 0 N–H and O–H groups in total. The number of halogens is 4. The molecular weight excluding hydrogens is 459 g/mol. The normalized spacial score (nSPS) is 15.1. The predicted octanol–water partition coefficient (Wildman–Crippen LogP) is 6.47. The van der Waals surface area contributed by atoms with Gasteiger partial charge in [0.1, 0.15) is 11.6 Å². The first-order chi connectivity index (χ1) is 14.8. The van der Waals surface area contributed by atoms with Gasteiger partial charge < -0.3 is 0 Å². The SMILES string of the molecule is CS(=O)C(=C1CN(C(c2ccc(Cl)cc2)c2ccc(Cl)cc2)C1)c1cc(F)cc(F)c1. The van der Waals surface area contributed by atoms with Crippen LogP contribution in [0.4, 0.5) is 8.78 Å². The van der Waals surface area contributed by atoms with Crippen molar-refractivity contribution >= 4 is 38.9 Å². The Hall–Kier alpha value is -2.05. The third-order valence-corrected chi connectivity index (χ3v) is 6.86. The first kappa shape index (κ1) is 22.2. The predicted molar refractivity (Wildman–Crippen MR) is 124 cm³/mol. The molecule has 1 atom stereocenters. The molecule has 0 aliphatic carbocycles. The van der Waals surface area contributed by atoms with Gasteiger partial charge in [-0.3, -0.25) is 9.11 Å². The molecule has 1 heterocycles. The minimum Gasteiger partial charge on any atom is -0.284 e. The Morgan fingerprint density at radius 2 is 1.32 bits per heavy atom. The van der Waals surface area contributed by atoms with E-state index in [-0.39, 0.29) is 6.04 Å². The van der Waals surface area contributed by atoms with Gasteiger partial charge >= 0.3 is 0 Å². The number of nitrogens with zero attached hydrogens (tertiary/aromatic N) is 1. The van der Waals surface area contributed by atoms with E-state index < -0.39 is 22.4 Å². The summed E-state index contributed by atoms with van der Waals surface area (Å²) in [5.74, 6) is -1.37. The fraction of sp³-hybridized carbons (Fsp3) is 0.167. The van der Waals surface area contributed by atoms with Crippen molar-refractivity contribution in [2.75, 3.05) is 19.3 Å². The lowest BCUT2D eigenvalue weighted by atomic mass is 9.92. The number of benzene rings is 3. The summed E-state index contributed by atoms with van der Waals surface area (Å²) in [7, 11) is -1.39. The first-order valence-corrected chi connectivity index (χ1v) is 11.9. The molecule has 1 unspecified atom stereocenters. The first-order valence-electron chi connectivity index (χ1n) is 9.58. The summed E-state index contributed by atoms with van der Waals surface area (Å²) in [4.78, 5) is 2.70. The van der Waals surface area contributed by atoms with Crippen LogP contribution in [0.15, 0.2) is 72.3 Å². The Morgan fingerprint density at radius 3 is 1.74 bits per heavy atom. The zero-order chi connectivity index (χ0) is 22.1. The summed E-state index contributed by atoms with van der Waals surface area (Å²) in [6.07, 6.45) is 1.53. The van der Waals surface area contributed by atoms with E-state index in [1.807, 2.05) is 48.5 Å². The van der Waals surface area contributed by atoms with E-state index in [0.29, 0.717) is 33.6 Å². The molecule has 31 heavy (non-hydrogen) atoms. The Balaban J connectivity index is 1.69. The number of hydrogen-bond acceptors (Lipinski definition) is 2. The lowest BCUT2D eigenvalue weighted by Crippen LogP contribution is -2.44. The van der Waals surface area contributed by atoms with Crippen molar-refractivity contribution in [3.8, 4) is 0 Å². The molecule has 160 valence electrons. The minimum atomic E-state index is -1.39. The fourth-order valence-electron chi connectivity index (χ4n) is 3.93. The molecule has 1 aliphatic heterocycles. The molecular formula is C24H19Cl2F2NOS. The monoisotopic (exact) mass is 477 g/mol. The highest BCUT2D eigenvalue weighted by Crippen LogP contribution is 2.38. The number of rotatable bonds is 5. The van der Waals surface area contributed by atoms with Gasteiger partial charge in [0, 0.05) is 40.4 Å². The zero-order valence-corrected chi connectivity index (χ0v) is 18.9. The average Bonchev–Trinajstić information content (AvgIpc) is 2.67. The van der Waals surface area contributed by atoms with Gasteiger partial charge in [0.15, 0.2) is 0 Å². The van der Waals surface area contributed by atoms with E-state index in [1.165, 1.54) is 18.4 Å². The largest absolute Gasteiger partial charge is 0.284 e. The molecule has 3 aromatic rings. The molecule has 0 bridgehead atoms. The van der Waals surface area contributed by atoms with Crippen molar-refractivity contribution in [2.24, 2.45) is 0 Å². The second kappa shape index (κ2) is 9.21. The maximum atomic E-state index is 13.8. The molecule has 7 heteroatoms. The summed E-state index contributed by atoms with van der Waals surface area (Å²) in [6, 6.07) is 18.5. The van der Waals surface area contributed by atoms with E-state index in [4.69, 9.17) is 23.2 Å². The highest BCUT2D eigenvalue weighted by molar-refractivity contribution is 7.94. The molecule has 0 amide bonds. The van der Waals surface area contributed by atoms with Crippen molar-refractivity contribution in [1.29, 1.82) is 0 Å². The molecule has 0 radical (unpaired) electrons.